The monoisotopic (exact) mass is 1170 g/mol. The Balaban J connectivity index is 1.41. The van der Waals surface area contributed by atoms with E-state index in [0.29, 0.717) is 35.4 Å². The van der Waals surface area contributed by atoms with E-state index in [9.17, 15) is 53.7 Å². The molecule has 1 fully saturated rings. The van der Waals surface area contributed by atoms with Crippen molar-refractivity contribution >= 4 is 65.0 Å². The summed E-state index contributed by atoms with van der Waals surface area (Å²) in [6.45, 7) is 10.3. The fourth-order valence-corrected chi connectivity index (χ4v) is 9.99. The molecule has 24 heteroatoms. The molecule has 1 saturated heterocycles. The third kappa shape index (κ3) is 19.9. The van der Waals surface area contributed by atoms with Crippen LogP contribution in [0.15, 0.2) is 91.4 Å². The van der Waals surface area contributed by atoms with E-state index in [0.717, 1.165) is 5.56 Å². The van der Waals surface area contributed by atoms with E-state index >= 15 is 4.79 Å². The molecule has 5 rings (SSSR count). The largest absolute Gasteiger partial charge is 0.508 e. The molecule has 0 unspecified atom stereocenters. The number of benzene rings is 3. The van der Waals surface area contributed by atoms with Gasteiger partial charge in [-0.25, -0.2) is 9.78 Å². The van der Waals surface area contributed by atoms with Gasteiger partial charge in [-0.1, -0.05) is 103 Å². The highest BCUT2D eigenvalue weighted by atomic mass is 32.2. The summed E-state index contributed by atoms with van der Waals surface area (Å²) in [6.07, 6.45) is 5.52. The topological polar surface area (TPSA) is 356 Å². The quantitative estimate of drug-likeness (QED) is 0.0343. The number of phenolic OH excluding ortho intramolecular Hbond substituents is 2. The number of hydrogen-bond donors (Lipinski definition) is 12. The first-order valence-electron chi connectivity index (χ1n) is 28.0. The number of rotatable bonds is 31. The molecule has 0 saturated carbocycles. The molecule has 3 aromatic carbocycles. The van der Waals surface area contributed by atoms with Gasteiger partial charge in [-0.3, -0.25) is 38.4 Å². The number of nitrogens with one attached hydrogen (secondary N) is 8. The van der Waals surface area contributed by atoms with Gasteiger partial charge in [0.2, 0.25) is 47.3 Å². The second-order valence-electron chi connectivity index (χ2n) is 21.7. The number of H-pyrrole nitrogens is 1. The number of carbonyl (C=O) groups excluding carboxylic acids is 8. The third-order valence-corrected chi connectivity index (χ3v) is 15.2. The Morgan fingerprint density at radius 2 is 1.13 bits per heavy atom. The number of carbonyl (C=O) groups is 9. The van der Waals surface area contributed by atoms with Crippen molar-refractivity contribution in [1.82, 2.24) is 52.1 Å². The number of hydrogen-bond acceptors (Lipinski definition) is 14. The maximum absolute atomic E-state index is 15.0. The van der Waals surface area contributed by atoms with E-state index in [-0.39, 0.29) is 56.6 Å². The normalized spacial score (nSPS) is 16.4. The van der Waals surface area contributed by atoms with Crippen LogP contribution in [0.1, 0.15) is 89.6 Å². The molecule has 23 nitrogen and oxygen atoms in total. The van der Waals surface area contributed by atoms with Crippen LogP contribution >= 0.6 is 11.8 Å². The number of aromatic hydroxyl groups is 2. The van der Waals surface area contributed by atoms with Gasteiger partial charge in [-0.05, 0) is 96.4 Å². The zero-order valence-corrected chi connectivity index (χ0v) is 48.9. The molecule has 450 valence electrons. The van der Waals surface area contributed by atoms with E-state index in [1.54, 1.807) is 58.9 Å². The van der Waals surface area contributed by atoms with E-state index < -0.39 is 125 Å². The minimum absolute atomic E-state index is 0.0453. The number of nitrogens with zero attached hydrogens (tertiary/aromatic N) is 2. The summed E-state index contributed by atoms with van der Waals surface area (Å²) < 4.78 is 0. The van der Waals surface area contributed by atoms with Crippen molar-refractivity contribution in [2.45, 2.75) is 147 Å². The van der Waals surface area contributed by atoms with Crippen LogP contribution in [0, 0.1) is 17.8 Å². The van der Waals surface area contributed by atoms with E-state index in [1.807, 2.05) is 43.5 Å². The van der Waals surface area contributed by atoms with Crippen LogP contribution in [0.3, 0.4) is 0 Å². The van der Waals surface area contributed by atoms with Gasteiger partial charge in [0.1, 0.15) is 59.8 Å². The summed E-state index contributed by atoms with van der Waals surface area (Å²) in [7, 11) is 0. The Kier molecular flexibility index (Phi) is 25.4. The standard InChI is InChI=1S/C59H81N11O12S/c1-8-35(6)50(69-51(73)42(60)27-36-13-10-9-11-14-36)57(79)65-44(28-37-16-20-40(71)21-17-37)53(75)64-45(30-39-31-61-32-62-39)54(76)66-46(29-38-18-22-41(72)23-19-38)58(80)70-25-12-15-47(70)55(77)63-43(24-26-83-7)52(74)67-48(33(2)3)56(78)68-49(34(4)5)59(81)82/h9-11,13-14,16-23,31-35,42-50,71-72H,8,12,15,24-30,60H2,1-7H3,(H,61,62)(H,63,77)(H,64,75)(H,65,79)(H,66,76)(H,67,74)(H,68,78)(H,69,73)(H,81,82)/t35-,42-,43-,44-,45-,46-,47-,48-,49-,50-/m0/s1. The van der Waals surface area contributed by atoms with Crippen LogP contribution in [0.25, 0.3) is 0 Å². The Hall–Kier alpha value is -7.99. The SMILES string of the molecule is CC[C@H](C)[C@H](NC(=O)[C@@H](N)Cc1ccccc1)C(=O)N[C@@H](Cc1ccc(O)cc1)C(=O)N[C@@H](Cc1cnc[nH]1)C(=O)N[C@@H](Cc1ccc(O)cc1)C(=O)N1CCC[C@H]1C(=O)N[C@@H](CCSC)C(=O)N[C@H](C(=O)N[C@H](C(=O)O)C(C)C)C(C)C. The number of phenols is 2. The molecule has 2 heterocycles. The smallest absolute Gasteiger partial charge is 0.326 e. The highest BCUT2D eigenvalue weighted by Gasteiger charge is 2.41. The maximum atomic E-state index is 15.0. The first-order chi connectivity index (χ1) is 39.5. The Morgan fingerprint density at radius 1 is 0.627 bits per heavy atom. The molecular formula is C59H81N11O12S. The molecule has 10 atom stereocenters. The Morgan fingerprint density at radius 3 is 1.67 bits per heavy atom. The van der Waals surface area contributed by atoms with Crippen LogP contribution in [-0.2, 0) is 68.8 Å². The highest BCUT2D eigenvalue weighted by molar-refractivity contribution is 7.98. The van der Waals surface area contributed by atoms with Gasteiger partial charge in [0, 0.05) is 37.7 Å². The number of likely N-dealkylation sites (tertiary alicyclic amines) is 1. The summed E-state index contributed by atoms with van der Waals surface area (Å²) in [6, 6.07) is 10.0. The van der Waals surface area contributed by atoms with Gasteiger partial charge >= 0.3 is 5.97 Å². The summed E-state index contributed by atoms with van der Waals surface area (Å²) >= 11 is 1.41. The Bertz CT molecular complexity index is 2810. The lowest BCUT2D eigenvalue weighted by Gasteiger charge is -2.31. The lowest BCUT2D eigenvalue weighted by molar-refractivity contribution is -0.144. The Labute approximate surface area is 488 Å². The minimum Gasteiger partial charge on any atom is -0.508 e. The average molecular weight is 1170 g/mol. The highest BCUT2D eigenvalue weighted by Crippen LogP contribution is 2.22. The predicted octanol–water partition coefficient (Wildman–Crippen LogP) is 2.00. The van der Waals surface area contributed by atoms with Gasteiger partial charge in [0.05, 0.1) is 12.4 Å². The van der Waals surface area contributed by atoms with Gasteiger partial charge < -0.3 is 68.2 Å². The zero-order valence-electron chi connectivity index (χ0n) is 48.1. The van der Waals surface area contributed by atoms with E-state index in [1.165, 1.54) is 53.5 Å². The van der Waals surface area contributed by atoms with Gasteiger partial charge in [-0.15, -0.1) is 0 Å². The van der Waals surface area contributed by atoms with Crippen molar-refractivity contribution in [2.75, 3.05) is 18.6 Å². The summed E-state index contributed by atoms with van der Waals surface area (Å²) in [5, 5.41) is 49.2. The van der Waals surface area contributed by atoms with Crippen LogP contribution < -0.4 is 43.0 Å². The van der Waals surface area contributed by atoms with Crippen molar-refractivity contribution < 1.29 is 58.5 Å². The van der Waals surface area contributed by atoms with E-state index in [2.05, 4.69) is 47.2 Å². The van der Waals surface area contributed by atoms with Crippen LogP contribution in [0.5, 0.6) is 11.5 Å². The number of amides is 8. The van der Waals surface area contributed by atoms with Gasteiger partial charge in [0.25, 0.3) is 0 Å². The molecule has 0 radical (unpaired) electrons. The van der Waals surface area contributed by atoms with Crippen LogP contribution in [0.4, 0.5) is 0 Å². The molecule has 0 aliphatic carbocycles. The number of imidazole rings is 1. The molecule has 1 aliphatic heterocycles. The summed E-state index contributed by atoms with van der Waals surface area (Å²) in [4.78, 5) is 135. The average Bonchev–Trinajstić information content (AvgIpc) is 4.41. The molecule has 0 bridgehead atoms. The zero-order chi connectivity index (χ0) is 60.9. The molecule has 1 aliphatic rings. The second-order valence-corrected chi connectivity index (χ2v) is 22.7. The molecule has 0 spiro atoms. The molecule has 83 heavy (non-hydrogen) atoms. The first kappa shape index (κ1) is 65.8. The predicted molar refractivity (Wildman–Crippen MR) is 312 cm³/mol. The van der Waals surface area contributed by atoms with Crippen LogP contribution in [0.2, 0.25) is 0 Å². The first-order valence-corrected chi connectivity index (χ1v) is 29.4. The molecule has 1 aromatic heterocycles. The summed E-state index contributed by atoms with van der Waals surface area (Å²) in [5.41, 5.74) is 8.59. The fraction of sp³-hybridized carbons (Fsp3) is 0.492. The van der Waals surface area contributed by atoms with Crippen molar-refractivity contribution in [2.24, 2.45) is 23.5 Å². The number of aromatic amines is 1. The molecule has 13 N–H and O–H groups in total. The summed E-state index contributed by atoms with van der Waals surface area (Å²) in [5.74, 6) is -7.97. The fourth-order valence-electron chi connectivity index (χ4n) is 9.52. The number of carboxylic acid groups (broad SMARTS) is 1. The lowest BCUT2D eigenvalue weighted by Crippen LogP contribution is -2.61. The van der Waals surface area contributed by atoms with Crippen molar-refractivity contribution in [3.8, 4) is 11.5 Å². The van der Waals surface area contributed by atoms with E-state index in [4.69, 9.17) is 5.73 Å². The minimum atomic E-state index is -1.44. The van der Waals surface area contributed by atoms with Crippen LogP contribution in [-0.4, -0.2) is 156 Å². The lowest BCUT2D eigenvalue weighted by atomic mass is 9.96. The molecule has 4 aromatic rings. The van der Waals surface area contributed by atoms with Gasteiger partial charge in [-0.2, -0.15) is 11.8 Å². The van der Waals surface area contributed by atoms with Crippen molar-refractivity contribution in [1.29, 1.82) is 0 Å². The number of thioether (sulfide) groups is 1. The van der Waals surface area contributed by atoms with Gasteiger partial charge in [0.15, 0.2) is 0 Å². The number of nitrogens with two attached hydrogens (primary N) is 1. The number of aliphatic carboxylic acids is 1. The number of carboxylic acids is 1. The number of aromatic nitrogens is 2. The third-order valence-electron chi connectivity index (χ3n) is 14.6. The second kappa shape index (κ2) is 32.0. The van der Waals surface area contributed by atoms with Crippen molar-refractivity contribution in [3.05, 3.63) is 114 Å². The molecule has 8 amide bonds. The maximum Gasteiger partial charge on any atom is 0.326 e. The molecular weight excluding hydrogens is 1090 g/mol. The van der Waals surface area contributed by atoms with Crippen molar-refractivity contribution in [3.63, 3.8) is 0 Å².